The quantitative estimate of drug-likeness (QED) is 0.234. The van der Waals surface area contributed by atoms with Crippen LogP contribution in [0, 0.1) is 30.9 Å². The number of fused-ring (bicyclic) bond motifs is 4. The maximum Gasteiger partial charge on any atom is 0.407 e. The predicted molar refractivity (Wildman–Crippen MR) is 117 cm³/mol. The van der Waals surface area contributed by atoms with Crippen molar-refractivity contribution in [2.45, 2.75) is 20.8 Å². The molecule has 10 heteroatoms. The van der Waals surface area contributed by atoms with E-state index in [1.165, 1.54) is 21.9 Å². The number of pyridine rings is 1. The Labute approximate surface area is 178 Å². The molecule has 0 aliphatic rings. The third-order valence-electron chi connectivity index (χ3n) is 5.13. The zero-order valence-electron chi connectivity index (χ0n) is 16.7. The van der Waals surface area contributed by atoms with Crippen LogP contribution in [0.15, 0.2) is 41.2 Å². The van der Waals surface area contributed by atoms with Crippen molar-refractivity contribution in [3.8, 4) is 11.6 Å². The van der Waals surface area contributed by atoms with Crippen LogP contribution in [0.5, 0.6) is 11.6 Å². The molecule has 0 atom stereocenters. The average molecular weight is 433 g/mol. The van der Waals surface area contributed by atoms with Gasteiger partial charge >= 0.3 is 5.82 Å². The Kier molecular flexibility index (Phi) is 4.19. The van der Waals surface area contributed by atoms with E-state index in [2.05, 4.69) is 10.1 Å². The molecule has 0 saturated heterocycles. The summed E-state index contributed by atoms with van der Waals surface area (Å²) in [5.41, 5.74) is 1.44. The van der Waals surface area contributed by atoms with Crippen LogP contribution in [0.25, 0.3) is 26.6 Å². The molecule has 4 heterocycles. The lowest BCUT2D eigenvalue weighted by Gasteiger charge is -2.11. The van der Waals surface area contributed by atoms with Crippen LogP contribution in [0.2, 0.25) is 0 Å². The lowest BCUT2D eigenvalue weighted by molar-refractivity contribution is -0.390. The Bertz CT molecular complexity index is 1610. The predicted octanol–water partition coefficient (Wildman–Crippen LogP) is 4.48. The van der Waals surface area contributed by atoms with Gasteiger partial charge in [-0.1, -0.05) is 18.2 Å². The zero-order valence-corrected chi connectivity index (χ0v) is 17.6. The van der Waals surface area contributed by atoms with Gasteiger partial charge in [0, 0.05) is 22.6 Å². The van der Waals surface area contributed by atoms with Crippen molar-refractivity contribution in [1.29, 1.82) is 0 Å². The molecule has 0 aliphatic heterocycles. The smallest absolute Gasteiger partial charge is 0.407 e. The molecule has 31 heavy (non-hydrogen) atoms. The summed E-state index contributed by atoms with van der Waals surface area (Å²) in [6, 6.07) is 10.3. The number of nitro groups is 1. The number of aryl methyl sites for hydroxylation is 3. The van der Waals surface area contributed by atoms with Gasteiger partial charge in [0.15, 0.2) is 5.65 Å². The molecule has 5 aromatic rings. The first kappa shape index (κ1) is 19.1. The summed E-state index contributed by atoms with van der Waals surface area (Å²) in [7, 11) is 0. The van der Waals surface area contributed by atoms with Crippen molar-refractivity contribution in [2.24, 2.45) is 0 Å². The van der Waals surface area contributed by atoms with E-state index < -0.39 is 10.7 Å². The molecule has 0 amide bonds. The van der Waals surface area contributed by atoms with E-state index in [-0.39, 0.29) is 17.2 Å². The van der Waals surface area contributed by atoms with Gasteiger partial charge in [0.05, 0.1) is 5.39 Å². The third-order valence-corrected chi connectivity index (χ3v) is 6.23. The fraction of sp³-hybridized carbons (Fsp3) is 0.143. The minimum absolute atomic E-state index is 0.0581. The van der Waals surface area contributed by atoms with Gasteiger partial charge < -0.3 is 14.9 Å². The van der Waals surface area contributed by atoms with Gasteiger partial charge in [0.1, 0.15) is 10.5 Å². The van der Waals surface area contributed by atoms with E-state index in [9.17, 15) is 14.9 Å². The number of rotatable bonds is 3. The minimum atomic E-state index is -0.611. The van der Waals surface area contributed by atoms with Gasteiger partial charge in [-0.25, -0.2) is 4.98 Å². The van der Waals surface area contributed by atoms with E-state index >= 15 is 0 Å². The van der Waals surface area contributed by atoms with Crippen molar-refractivity contribution in [1.82, 2.24) is 19.6 Å². The Morgan fingerprint density at radius 1 is 1.06 bits per heavy atom. The highest BCUT2D eigenvalue weighted by molar-refractivity contribution is 7.18. The van der Waals surface area contributed by atoms with Gasteiger partial charge in [-0.15, -0.1) is 16.4 Å². The van der Waals surface area contributed by atoms with E-state index in [0.29, 0.717) is 32.3 Å². The molecule has 0 aliphatic carbocycles. The van der Waals surface area contributed by atoms with E-state index in [4.69, 9.17) is 9.72 Å². The molecule has 0 N–H and O–H groups in total. The van der Waals surface area contributed by atoms with Crippen molar-refractivity contribution in [3.63, 3.8) is 0 Å². The number of thiophene rings is 1. The molecule has 154 valence electrons. The zero-order chi connectivity index (χ0) is 21.9. The monoisotopic (exact) mass is 433 g/mol. The molecular weight excluding hydrogens is 418 g/mol. The lowest BCUT2D eigenvalue weighted by Crippen LogP contribution is -2.18. The van der Waals surface area contributed by atoms with E-state index in [0.717, 1.165) is 10.4 Å². The Hall–Kier alpha value is -3.92. The average Bonchev–Trinajstić information content (AvgIpc) is 3.04. The summed E-state index contributed by atoms with van der Waals surface area (Å²) in [4.78, 5) is 34.4. The highest BCUT2D eigenvalue weighted by atomic mass is 32.1. The van der Waals surface area contributed by atoms with Crippen LogP contribution in [0.3, 0.4) is 0 Å². The summed E-state index contributed by atoms with van der Waals surface area (Å²) in [6.07, 6.45) is 0. The molecule has 0 saturated carbocycles. The molecule has 5 rings (SSSR count). The van der Waals surface area contributed by atoms with Crippen LogP contribution in [-0.4, -0.2) is 24.5 Å². The summed E-state index contributed by atoms with van der Waals surface area (Å²) < 4.78 is 7.05. The Morgan fingerprint density at radius 3 is 2.55 bits per heavy atom. The molecule has 0 bridgehead atoms. The van der Waals surface area contributed by atoms with Crippen molar-refractivity contribution in [3.05, 3.63) is 73.0 Å². The van der Waals surface area contributed by atoms with Crippen LogP contribution in [0.1, 0.15) is 16.1 Å². The van der Waals surface area contributed by atoms with Crippen molar-refractivity contribution in [2.75, 3.05) is 0 Å². The summed E-state index contributed by atoms with van der Waals surface area (Å²) in [6.45, 7) is 5.48. The van der Waals surface area contributed by atoms with Crippen molar-refractivity contribution >= 4 is 43.8 Å². The molecule has 1 aromatic carbocycles. The first-order chi connectivity index (χ1) is 14.8. The number of nitrogens with zero attached hydrogens (tertiary/aromatic N) is 5. The van der Waals surface area contributed by atoms with Gasteiger partial charge in [0.25, 0.3) is 5.56 Å². The molecule has 0 fully saturated rings. The second-order valence-electron chi connectivity index (χ2n) is 7.10. The van der Waals surface area contributed by atoms with Crippen LogP contribution in [0.4, 0.5) is 5.82 Å². The largest absolute Gasteiger partial charge is 0.428 e. The lowest BCUT2D eigenvalue weighted by atomic mass is 10.2. The molecular formula is C21H15N5O4S. The number of ether oxygens (including phenoxy) is 1. The molecule has 0 radical (unpaired) electrons. The Morgan fingerprint density at radius 2 is 1.81 bits per heavy atom. The van der Waals surface area contributed by atoms with Gasteiger partial charge in [-0.2, -0.15) is 4.52 Å². The highest BCUT2D eigenvalue weighted by Gasteiger charge is 2.22. The second kappa shape index (κ2) is 6.81. The molecule has 0 spiro atoms. The number of aromatic nitrogens is 4. The minimum Gasteiger partial charge on any atom is -0.428 e. The third kappa shape index (κ3) is 2.91. The maximum absolute atomic E-state index is 13.3. The first-order valence-electron chi connectivity index (χ1n) is 9.36. The van der Waals surface area contributed by atoms with E-state index in [1.807, 2.05) is 26.0 Å². The number of hydrogen-bond donors (Lipinski definition) is 0. The molecule has 0 unspecified atom stereocenters. The maximum atomic E-state index is 13.3. The highest BCUT2D eigenvalue weighted by Crippen LogP contribution is 2.34. The van der Waals surface area contributed by atoms with E-state index in [1.54, 1.807) is 25.1 Å². The fourth-order valence-corrected chi connectivity index (χ4v) is 4.50. The standard InChI is InChI=1S/C21H15N5O4S/c1-10-8-9-15(18(22-10)26(28)29)30-19-14-7-5-4-6-13(14)17-23-20-16(11(2)12(3)31-20)21(27)25(17)24-19/h4-9H,1-3H3. The molecule has 4 aromatic heterocycles. The summed E-state index contributed by atoms with van der Waals surface area (Å²) in [5, 5.41) is 17.6. The number of hydrogen-bond acceptors (Lipinski definition) is 8. The first-order valence-corrected chi connectivity index (χ1v) is 10.2. The topological polar surface area (TPSA) is 113 Å². The van der Waals surface area contributed by atoms with Crippen LogP contribution in [-0.2, 0) is 0 Å². The number of benzene rings is 1. The SMILES string of the molecule is Cc1ccc(Oc2nn3c(=O)c4c(C)c(C)sc4nc3c3ccccc23)c([N+](=O)[O-])n1. The van der Waals surface area contributed by atoms with Gasteiger partial charge in [0.2, 0.25) is 11.6 Å². The van der Waals surface area contributed by atoms with Crippen molar-refractivity contribution < 1.29 is 9.66 Å². The molecule has 9 nitrogen and oxygen atoms in total. The van der Waals surface area contributed by atoms with Crippen LogP contribution < -0.4 is 10.3 Å². The normalized spacial score (nSPS) is 11.5. The van der Waals surface area contributed by atoms with Gasteiger partial charge in [-0.3, -0.25) is 4.79 Å². The summed E-state index contributed by atoms with van der Waals surface area (Å²) in [5.74, 6) is -0.418. The fourth-order valence-electron chi connectivity index (χ4n) is 3.48. The summed E-state index contributed by atoms with van der Waals surface area (Å²) >= 11 is 1.46. The van der Waals surface area contributed by atoms with Crippen LogP contribution >= 0.6 is 11.3 Å². The Balaban J connectivity index is 1.84. The second-order valence-corrected chi connectivity index (χ2v) is 8.30. The van der Waals surface area contributed by atoms with Gasteiger partial charge in [-0.05, 0) is 47.5 Å².